The summed E-state index contributed by atoms with van der Waals surface area (Å²) in [5.74, 6) is 0. The van der Waals surface area contributed by atoms with Crippen molar-refractivity contribution >= 4 is 17.0 Å². The van der Waals surface area contributed by atoms with Crippen LogP contribution in [0, 0.1) is 0 Å². The van der Waals surface area contributed by atoms with Crippen LogP contribution in [0.4, 0.5) is 0 Å². The Bertz CT molecular complexity index is 174. The molecule has 1 heterocycles. The van der Waals surface area contributed by atoms with E-state index in [1.165, 1.54) is 18.1 Å². The Morgan fingerprint density at radius 3 is 2.46 bits per heavy atom. The molecule has 0 amide bonds. The quantitative estimate of drug-likeness (QED) is 0.381. The minimum atomic E-state index is 0.895. The van der Waals surface area contributed by atoms with Crippen LogP contribution in [-0.2, 0) is 0 Å². The minimum Gasteiger partial charge on any atom is -0.304 e. The lowest BCUT2D eigenvalue weighted by Crippen LogP contribution is -2.41. The van der Waals surface area contributed by atoms with Gasteiger partial charge in [-0.15, -0.1) is 0 Å². The van der Waals surface area contributed by atoms with E-state index in [1.807, 2.05) is 0 Å². The number of piperazine rings is 1. The second kappa shape index (κ2) is 5.62. The first-order chi connectivity index (χ1) is 6.22. The van der Waals surface area contributed by atoms with Gasteiger partial charge in [-0.25, -0.2) is 4.31 Å². The number of hydrogen-bond acceptors (Lipinski definition) is 4. The summed E-state index contributed by atoms with van der Waals surface area (Å²) in [6.07, 6.45) is 0. The Labute approximate surface area is 85.3 Å². The molecule has 0 aromatic carbocycles. The highest BCUT2D eigenvalue weighted by molar-refractivity contribution is 8.11. The Morgan fingerprint density at radius 1 is 1.31 bits per heavy atom. The second-order valence-corrected chi connectivity index (χ2v) is 4.61. The first-order valence-electron chi connectivity index (χ1n) is 4.85. The van der Waals surface area contributed by atoms with E-state index in [9.17, 15) is 0 Å². The molecule has 0 aromatic rings. The molecule has 1 saturated heterocycles. The molecule has 0 aromatic heterocycles. The third-order valence-corrected chi connectivity index (χ3v) is 3.12. The molecule has 0 aliphatic carbocycles. The summed E-state index contributed by atoms with van der Waals surface area (Å²) in [6, 6.07) is 0. The molecule has 1 aliphatic rings. The molecule has 0 saturated carbocycles. The average Bonchev–Trinajstić information content (AvgIpc) is 2.09. The third kappa shape index (κ3) is 4.11. The van der Waals surface area contributed by atoms with Crippen LogP contribution in [0.1, 0.15) is 13.8 Å². The van der Waals surface area contributed by atoms with Crippen molar-refractivity contribution in [2.24, 2.45) is 4.99 Å². The first-order valence-corrected chi connectivity index (χ1v) is 5.62. The summed E-state index contributed by atoms with van der Waals surface area (Å²) in [7, 11) is 2.18. The molecule has 1 fully saturated rings. The van der Waals surface area contributed by atoms with E-state index in [0.717, 1.165) is 19.6 Å². The van der Waals surface area contributed by atoms with Crippen molar-refractivity contribution in [3.8, 4) is 0 Å². The van der Waals surface area contributed by atoms with Crippen molar-refractivity contribution in [3.63, 3.8) is 0 Å². The largest absolute Gasteiger partial charge is 0.304 e. The van der Waals surface area contributed by atoms with E-state index < -0.39 is 0 Å². The maximum absolute atomic E-state index is 4.36. The van der Waals surface area contributed by atoms with Gasteiger partial charge in [-0.1, -0.05) is 0 Å². The zero-order valence-corrected chi connectivity index (χ0v) is 9.60. The number of hydrogen-bond donors (Lipinski definition) is 0. The van der Waals surface area contributed by atoms with E-state index in [2.05, 4.69) is 35.1 Å². The average molecular weight is 201 g/mol. The molecule has 13 heavy (non-hydrogen) atoms. The van der Waals surface area contributed by atoms with Gasteiger partial charge in [-0.3, -0.25) is 4.99 Å². The van der Waals surface area contributed by atoms with E-state index in [1.54, 1.807) is 11.9 Å². The topological polar surface area (TPSA) is 18.8 Å². The highest BCUT2D eigenvalue weighted by Gasteiger charge is 2.14. The van der Waals surface area contributed by atoms with Crippen molar-refractivity contribution in [1.82, 2.24) is 9.21 Å². The predicted octanol–water partition coefficient (Wildman–Crippen LogP) is 1.32. The van der Waals surface area contributed by atoms with Crippen LogP contribution < -0.4 is 0 Å². The van der Waals surface area contributed by atoms with E-state index >= 15 is 0 Å². The van der Waals surface area contributed by atoms with Crippen LogP contribution >= 0.6 is 11.9 Å². The Hall–Kier alpha value is -0.0600. The second-order valence-electron chi connectivity index (χ2n) is 3.32. The molecule has 0 bridgehead atoms. The number of aliphatic imine (C=N–C) groups is 1. The third-order valence-electron chi connectivity index (χ3n) is 2.10. The standard InChI is InChI=1S/C9H19N3S/c1-4-10-9(2)13-12-7-5-11(3)6-8-12/h4-8H2,1-3H3. The molecule has 76 valence electrons. The van der Waals surface area contributed by atoms with Crippen LogP contribution in [0.2, 0.25) is 0 Å². The molecule has 1 rings (SSSR count). The van der Waals surface area contributed by atoms with Gasteiger partial charge in [0.1, 0.15) is 0 Å². The van der Waals surface area contributed by atoms with E-state index in [-0.39, 0.29) is 0 Å². The summed E-state index contributed by atoms with van der Waals surface area (Å²) >= 11 is 1.80. The molecule has 4 heteroatoms. The molecule has 0 radical (unpaired) electrons. The van der Waals surface area contributed by atoms with Crippen molar-refractivity contribution in [3.05, 3.63) is 0 Å². The maximum Gasteiger partial charge on any atom is 0.0798 e. The van der Waals surface area contributed by atoms with E-state index in [4.69, 9.17) is 0 Å². The van der Waals surface area contributed by atoms with Gasteiger partial charge in [0.25, 0.3) is 0 Å². The van der Waals surface area contributed by atoms with Gasteiger partial charge in [0.2, 0.25) is 0 Å². The van der Waals surface area contributed by atoms with Crippen molar-refractivity contribution in [1.29, 1.82) is 0 Å². The zero-order chi connectivity index (χ0) is 9.68. The summed E-state index contributed by atoms with van der Waals surface area (Å²) < 4.78 is 2.40. The summed E-state index contributed by atoms with van der Waals surface area (Å²) in [5.41, 5.74) is 0. The monoisotopic (exact) mass is 201 g/mol. The molecule has 1 aliphatic heterocycles. The lowest BCUT2D eigenvalue weighted by molar-refractivity contribution is 0.234. The lowest BCUT2D eigenvalue weighted by atomic mass is 10.4. The van der Waals surface area contributed by atoms with Crippen molar-refractivity contribution in [2.45, 2.75) is 13.8 Å². The highest BCUT2D eigenvalue weighted by atomic mass is 32.2. The summed E-state index contributed by atoms with van der Waals surface area (Å²) in [4.78, 5) is 6.73. The lowest BCUT2D eigenvalue weighted by Gasteiger charge is -2.31. The SMILES string of the molecule is CCN=C(C)SN1CCN(C)CC1. The summed E-state index contributed by atoms with van der Waals surface area (Å²) in [6.45, 7) is 9.71. The summed E-state index contributed by atoms with van der Waals surface area (Å²) in [5, 5.41) is 1.19. The Morgan fingerprint density at radius 2 is 1.92 bits per heavy atom. The van der Waals surface area contributed by atoms with Crippen LogP contribution in [0.25, 0.3) is 0 Å². The van der Waals surface area contributed by atoms with Crippen LogP contribution in [0.15, 0.2) is 4.99 Å². The van der Waals surface area contributed by atoms with Gasteiger partial charge in [0, 0.05) is 32.7 Å². The van der Waals surface area contributed by atoms with Gasteiger partial charge in [-0.05, 0) is 32.8 Å². The predicted molar refractivity (Wildman–Crippen MR) is 60.3 cm³/mol. The first kappa shape index (κ1) is 11.0. The van der Waals surface area contributed by atoms with Crippen LogP contribution in [-0.4, -0.2) is 54.0 Å². The maximum atomic E-state index is 4.36. The molecule has 0 atom stereocenters. The molecular weight excluding hydrogens is 182 g/mol. The molecule has 0 N–H and O–H groups in total. The fourth-order valence-electron chi connectivity index (χ4n) is 1.32. The molecule has 3 nitrogen and oxygen atoms in total. The zero-order valence-electron chi connectivity index (χ0n) is 8.79. The highest BCUT2D eigenvalue weighted by Crippen LogP contribution is 2.14. The minimum absolute atomic E-state index is 0.895. The molecule has 0 unspecified atom stereocenters. The van der Waals surface area contributed by atoms with Gasteiger partial charge in [0.15, 0.2) is 0 Å². The smallest absolute Gasteiger partial charge is 0.0798 e. The van der Waals surface area contributed by atoms with Gasteiger partial charge >= 0.3 is 0 Å². The Kier molecular flexibility index (Phi) is 4.77. The number of rotatable bonds is 2. The number of nitrogens with zero attached hydrogens (tertiary/aromatic N) is 3. The van der Waals surface area contributed by atoms with Crippen LogP contribution in [0.5, 0.6) is 0 Å². The van der Waals surface area contributed by atoms with Gasteiger partial charge in [0.05, 0.1) is 5.04 Å². The molecular formula is C9H19N3S. The van der Waals surface area contributed by atoms with Crippen molar-refractivity contribution in [2.75, 3.05) is 39.8 Å². The normalized spacial score (nSPS) is 22.2. The van der Waals surface area contributed by atoms with Crippen LogP contribution in [0.3, 0.4) is 0 Å². The van der Waals surface area contributed by atoms with Gasteiger partial charge in [-0.2, -0.15) is 0 Å². The fourth-order valence-corrected chi connectivity index (χ4v) is 2.22. The Balaban J connectivity index is 2.26. The van der Waals surface area contributed by atoms with Crippen molar-refractivity contribution < 1.29 is 0 Å². The molecule has 0 spiro atoms. The van der Waals surface area contributed by atoms with E-state index in [0.29, 0.717) is 0 Å². The fraction of sp³-hybridized carbons (Fsp3) is 0.889. The number of likely N-dealkylation sites (N-methyl/N-ethyl adjacent to an activating group) is 1. The van der Waals surface area contributed by atoms with Gasteiger partial charge < -0.3 is 4.90 Å².